The minimum atomic E-state index is -0.315. The van der Waals surface area contributed by atoms with Gasteiger partial charge >= 0.3 is 5.97 Å². The molecule has 0 bridgehead atoms. The normalized spacial score (nSPS) is 11.6. The van der Waals surface area contributed by atoms with Gasteiger partial charge in [-0.25, -0.2) is 0 Å². The summed E-state index contributed by atoms with van der Waals surface area (Å²) in [5, 5.41) is 0. The van der Waals surface area contributed by atoms with Gasteiger partial charge in [-0.05, 0) is 35.2 Å². The maximum atomic E-state index is 12.7. The van der Waals surface area contributed by atoms with Gasteiger partial charge < -0.3 is 9.47 Å². The zero-order valence-electron chi connectivity index (χ0n) is 15.0. The third kappa shape index (κ3) is 3.94. The molecule has 26 heavy (non-hydrogen) atoms. The van der Waals surface area contributed by atoms with E-state index in [0.717, 1.165) is 16.7 Å². The number of hydrogen-bond donors (Lipinski definition) is 0. The highest BCUT2D eigenvalue weighted by Gasteiger charge is 2.22. The van der Waals surface area contributed by atoms with E-state index in [0.29, 0.717) is 17.9 Å². The predicted octanol–water partition coefficient (Wildman–Crippen LogP) is 5.46. The summed E-state index contributed by atoms with van der Waals surface area (Å²) in [7, 11) is 1.56. The van der Waals surface area contributed by atoms with Gasteiger partial charge in [0.05, 0.1) is 13.0 Å². The van der Waals surface area contributed by atoms with Gasteiger partial charge in [0.15, 0.2) is 11.5 Å². The van der Waals surface area contributed by atoms with E-state index >= 15 is 0 Å². The van der Waals surface area contributed by atoms with Crippen molar-refractivity contribution in [2.75, 3.05) is 7.11 Å². The maximum absolute atomic E-state index is 12.7. The van der Waals surface area contributed by atoms with Gasteiger partial charge in [0.2, 0.25) is 0 Å². The van der Waals surface area contributed by atoms with Gasteiger partial charge in [-0.1, -0.05) is 73.7 Å². The minimum absolute atomic E-state index is 0.274. The molecule has 0 saturated heterocycles. The Hall–Kier alpha value is -3.07. The largest absolute Gasteiger partial charge is 0.493 e. The molecule has 0 aliphatic rings. The average Bonchev–Trinajstić information content (AvgIpc) is 2.70. The monoisotopic (exact) mass is 346 g/mol. The quantitative estimate of drug-likeness (QED) is 0.439. The van der Waals surface area contributed by atoms with Crippen LogP contribution in [0.4, 0.5) is 0 Å². The predicted molar refractivity (Wildman–Crippen MR) is 104 cm³/mol. The summed E-state index contributed by atoms with van der Waals surface area (Å²) in [5.74, 6) is 0.406. The molecule has 0 fully saturated rings. The lowest BCUT2D eigenvalue weighted by Crippen LogP contribution is -2.18. The lowest BCUT2D eigenvalue weighted by molar-refractivity contribution is -0.136. The molecule has 0 aromatic heterocycles. The van der Waals surface area contributed by atoms with Crippen molar-refractivity contribution in [3.05, 3.63) is 84.4 Å². The van der Waals surface area contributed by atoms with Crippen LogP contribution in [-0.4, -0.2) is 13.1 Å². The van der Waals surface area contributed by atoms with Gasteiger partial charge in [0, 0.05) is 0 Å². The van der Waals surface area contributed by atoms with Gasteiger partial charge in [0.25, 0.3) is 0 Å². The Bertz CT molecular complexity index is 854. The van der Waals surface area contributed by atoms with Crippen LogP contribution in [0.15, 0.2) is 78.9 Å². The fraction of sp³-hybridized carbons (Fsp3) is 0.174. The van der Waals surface area contributed by atoms with Crippen molar-refractivity contribution in [3.63, 3.8) is 0 Å². The molecule has 0 amide bonds. The average molecular weight is 346 g/mol. The highest BCUT2D eigenvalue weighted by Crippen LogP contribution is 2.30. The van der Waals surface area contributed by atoms with E-state index in [1.807, 2.05) is 61.5 Å². The van der Waals surface area contributed by atoms with Crippen molar-refractivity contribution in [1.82, 2.24) is 0 Å². The topological polar surface area (TPSA) is 35.5 Å². The van der Waals surface area contributed by atoms with Crippen molar-refractivity contribution in [1.29, 1.82) is 0 Å². The van der Waals surface area contributed by atoms with Crippen LogP contribution in [0, 0.1) is 0 Å². The Labute approximate surface area is 154 Å². The number of hydrogen-bond acceptors (Lipinski definition) is 3. The third-order valence-electron chi connectivity index (χ3n) is 4.39. The van der Waals surface area contributed by atoms with E-state index in [1.54, 1.807) is 19.2 Å². The second-order valence-electron chi connectivity index (χ2n) is 6.02. The summed E-state index contributed by atoms with van der Waals surface area (Å²) in [6.45, 7) is 1.99. The first kappa shape index (κ1) is 17.7. The number of benzene rings is 3. The van der Waals surface area contributed by atoms with E-state index in [-0.39, 0.29) is 11.9 Å². The highest BCUT2D eigenvalue weighted by molar-refractivity contribution is 5.81. The molecule has 3 aromatic carbocycles. The van der Waals surface area contributed by atoms with Gasteiger partial charge in [-0.2, -0.15) is 0 Å². The second kappa shape index (κ2) is 8.34. The summed E-state index contributed by atoms with van der Waals surface area (Å²) in [6, 6.07) is 25.4. The van der Waals surface area contributed by atoms with Gasteiger partial charge in [-0.15, -0.1) is 0 Å². The SMILES string of the molecule is CCC(C(=O)Oc1ccccc1OC)c1ccc(-c2ccccc2)cc1. The molecule has 3 nitrogen and oxygen atoms in total. The number of carbonyl (C=O) groups excluding carboxylic acids is 1. The van der Waals surface area contributed by atoms with Crippen LogP contribution < -0.4 is 9.47 Å². The smallest absolute Gasteiger partial charge is 0.318 e. The van der Waals surface area contributed by atoms with Crippen molar-refractivity contribution in [3.8, 4) is 22.6 Å². The molecule has 0 aliphatic carbocycles. The van der Waals surface area contributed by atoms with Crippen LogP contribution >= 0.6 is 0 Å². The number of para-hydroxylation sites is 2. The van der Waals surface area contributed by atoms with E-state index in [4.69, 9.17) is 9.47 Å². The van der Waals surface area contributed by atoms with Crippen LogP contribution in [0.25, 0.3) is 11.1 Å². The molecule has 3 rings (SSSR count). The molecule has 3 aromatic rings. The zero-order chi connectivity index (χ0) is 18.4. The zero-order valence-corrected chi connectivity index (χ0v) is 15.0. The molecular weight excluding hydrogens is 324 g/mol. The molecule has 0 heterocycles. The molecule has 132 valence electrons. The molecule has 3 heteroatoms. The molecule has 0 saturated carbocycles. The lowest BCUT2D eigenvalue weighted by atomic mass is 9.94. The number of carbonyl (C=O) groups is 1. The third-order valence-corrected chi connectivity index (χ3v) is 4.39. The first-order chi connectivity index (χ1) is 12.7. The first-order valence-electron chi connectivity index (χ1n) is 8.73. The Balaban J connectivity index is 1.79. The summed E-state index contributed by atoms with van der Waals surface area (Å²) < 4.78 is 10.8. The molecule has 1 unspecified atom stereocenters. The minimum Gasteiger partial charge on any atom is -0.493 e. The fourth-order valence-electron chi connectivity index (χ4n) is 2.96. The van der Waals surface area contributed by atoms with Crippen molar-refractivity contribution in [2.24, 2.45) is 0 Å². The Morgan fingerprint density at radius 3 is 2.00 bits per heavy atom. The van der Waals surface area contributed by atoms with Gasteiger partial charge in [0.1, 0.15) is 0 Å². The van der Waals surface area contributed by atoms with Crippen molar-refractivity contribution >= 4 is 5.97 Å². The van der Waals surface area contributed by atoms with E-state index in [1.165, 1.54) is 0 Å². The van der Waals surface area contributed by atoms with Crippen molar-refractivity contribution in [2.45, 2.75) is 19.3 Å². The van der Waals surface area contributed by atoms with Crippen molar-refractivity contribution < 1.29 is 14.3 Å². The van der Waals surface area contributed by atoms with Gasteiger partial charge in [-0.3, -0.25) is 4.79 Å². The number of methoxy groups -OCH3 is 1. The molecular formula is C23H22O3. The Morgan fingerprint density at radius 2 is 1.38 bits per heavy atom. The standard InChI is InChI=1S/C23H22O3/c1-3-20(23(24)26-22-12-8-7-11-21(22)25-2)19-15-13-18(14-16-19)17-9-5-4-6-10-17/h4-16,20H,3H2,1-2H3. The van der Waals surface area contributed by atoms with E-state index in [9.17, 15) is 4.79 Å². The number of rotatable bonds is 6. The second-order valence-corrected chi connectivity index (χ2v) is 6.02. The molecule has 1 atom stereocenters. The fourth-order valence-corrected chi connectivity index (χ4v) is 2.96. The Morgan fingerprint density at radius 1 is 0.808 bits per heavy atom. The van der Waals surface area contributed by atoms with E-state index < -0.39 is 0 Å². The first-order valence-corrected chi connectivity index (χ1v) is 8.73. The van der Waals surface area contributed by atoms with E-state index in [2.05, 4.69) is 12.1 Å². The van der Waals surface area contributed by atoms with Crippen LogP contribution in [0.5, 0.6) is 11.5 Å². The Kier molecular flexibility index (Phi) is 5.69. The number of esters is 1. The summed E-state index contributed by atoms with van der Waals surface area (Å²) in [5.41, 5.74) is 3.23. The summed E-state index contributed by atoms with van der Waals surface area (Å²) in [6.07, 6.45) is 0.665. The van der Waals surface area contributed by atoms with Crippen LogP contribution in [0.3, 0.4) is 0 Å². The molecule has 0 N–H and O–H groups in total. The highest BCUT2D eigenvalue weighted by atomic mass is 16.6. The van der Waals surface area contributed by atoms with Crippen LogP contribution in [0.1, 0.15) is 24.8 Å². The maximum Gasteiger partial charge on any atom is 0.318 e. The molecule has 0 radical (unpaired) electrons. The van der Waals surface area contributed by atoms with Crippen LogP contribution in [0.2, 0.25) is 0 Å². The summed E-state index contributed by atoms with van der Waals surface area (Å²) in [4.78, 5) is 12.7. The lowest BCUT2D eigenvalue weighted by Gasteiger charge is -2.16. The molecule has 0 spiro atoms. The summed E-state index contributed by atoms with van der Waals surface area (Å²) >= 11 is 0. The number of ether oxygens (including phenoxy) is 2. The molecule has 0 aliphatic heterocycles. The van der Waals surface area contributed by atoms with Crippen LogP contribution in [-0.2, 0) is 4.79 Å².